The van der Waals surface area contributed by atoms with Crippen molar-refractivity contribution in [3.63, 3.8) is 0 Å². The summed E-state index contributed by atoms with van der Waals surface area (Å²) in [7, 11) is 9.87. The molecule has 0 radical (unpaired) electrons. The Morgan fingerprint density at radius 1 is 0.583 bits per heavy atom. The summed E-state index contributed by atoms with van der Waals surface area (Å²) < 4.78 is 20.0. The molecule has 9 rings (SSSR count). The van der Waals surface area contributed by atoms with Gasteiger partial charge in [0.05, 0.1) is 6.61 Å². The van der Waals surface area contributed by atoms with Gasteiger partial charge in [0.15, 0.2) is 0 Å². The molecule has 300 valence electrons. The van der Waals surface area contributed by atoms with Crippen molar-refractivity contribution in [2.45, 2.75) is 41.2 Å². The predicted molar refractivity (Wildman–Crippen MR) is 246 cm³/mol. The molecule has 1 heterocycles. The molecule has 0 fully saturated rings. The fraction of sp³-hybridized carbons (Fsp3) is 0.151. The molecule has 0 unspecified atom stereocenters. The van der Waals surface area contributed by atoms with Crippen LogP contribution in [0.1, 0.15) is 33.4 Å². The van der Waals surface area contributed by atoms with Crippen LogP contribution in [0.4, 0.5) is 0 Å². The van der Waals surface area contributed by atoms with Crippen molar-refractivity contribution in [2.24, 2.45) is 0 Å². The first-order chi connectivity index (χ1) is 29.1. The molecule has 8 aromatic rings. The quantitative estimate of drug-likeness (QED) is 0.162. The number of hydrogen-bond acceptors (Lipinski definition) is 4. The molecule has 1 aliphatic rings. The second kappa shape index (κ2) is 18.4. The second-order valence-corrected chi connectivity index (χ2v) is 19.2. The average molecular weight is 908 g/mol. The Labute approximate surface area is 371 Å². The summed E-state index contributed by atoms with van der Waals surface area (Å²) in [6, 6.07) is 48.6. The molecule has 0 aliphatic carbocycles. The monoisotopic (exact) mass is 905 g/mol. The first-order valence-corrected chi connectivity index (χ1v) is 26.3. The molecule has 0 amide bonds. The summed E-state index contributed by atoms with van der Waals surface area (Å²) >= 11 is -0.826. The molecule has 0 bridgehead atoms. The average Bonchev–Trinajstić information content (AvgIpc) is 3.24. The van der Waals surface area contributed by atoms with E-state index in [2.05, 4.69) is 162 Å². The van der Waals surface area contributed by atoms with Gasteiger partial charge in [-0.2, -0.15) is 0 Å². The van der Waals surface area contributed by atoms with E-state index in [-0.39, 0.29) is 19.0 Å². The zero-order valence-electron chi connectivity index (χ0n) is 34.3. The van der Waals surface area contributed by atoms with Crippen molar-refractivity contribution in [2.75, 3.05) is 13.2 Å². The van der Waals surface area contributed by atoms with Crippen LogP contribution in [0.15, 0.2) is 140 Å². The van der Waals surface area contributed by atoms with Crippen molar-refractivity contribution in [3.05, 3.63) is 179 Å². The molecule has 0 saturated heterocycles. The SMILES string of the molecule is Cc1ccc2c(c1)-c1cc(C)cc(-c3c(C)ccc4ccccc34)c1O[C-](COCc1ccccc1-c1cc(C)cc(-c3c(C)ccc4ccccc34)c1O)CO2.[Cl][Zr][Cl]. The third-order valence-electron chi connectivity index (χ3n) is 11.2. The van der Waals surface area contributed by atoms with Crippen molar-refractivity contribution in [1.82, 2.24) is 0 Å². The Hall–Kier alpha value is -4.90. The van der Waals surface area contributed by atoms with Gasteiger partial charge in [-0.1, -0.05) is 115 Å². The minimum atomic E-state index is -0.826. The molecule has 0 spiro atoms. The van der Waals surface area contributed by atoms with Crippen LogP contribution in [0.2, 0.25) is 0 Å². The molecule has 0 atom stereocenters. The normalized spacial score (nSPS) is 12.3. The van der Waals surface area contributed by atoms with E-state index in [1.807, 2.05) is 12.1 Å². The number of aromatic hydroxyl groups is 1. The number of rotatable bonds is 7. The third kappa shape index (κ3) is 8.52. The maximum absolute atomic E-state index is 12.0. The molecule has 0 aromatic heterocycles. The van der Waals surface area contributed by atoms with E-state index < -0.39 is 20.8 Å². The number of halogens is 2. The number of hydrogen-bond donors (Lipinski definition) is 1. The van der Waals surface area contributed by atoms with Crippen LogP contribution in [0, 0.1) is 40.7 Å². The fourth-order valence-corrected chi connectivity index (χ4v) is 8.49. The van der Waals surface area contributed by atoms with Crippen molar-refractivity contribution >= 4 is 38.6 Å². The zero-order chi connectivity index (χ0) is 41.9. The number of benzene rings is 8. The Kier molecular flexibility index (Phi) is 12.8. The van der Waals surface area contributed by atoms with Gasteiger partial charge in [-0.15, -0.1) is 0 Å². The standard InChI is InChI=1S/C53H45O4.2ClH.Zr/c1-32-18-23-49-44(24-32)46-26-34(3)28-48(51-36(5)20-22-38-13-7-11-17-43(38)51)53(46)57-40(31-56-49)30-55-29-39-14-8-9-15-41(39)45-25-33(2)27-47(52(45)54)50-35(4)19-21-37-12-6-10-16-42(37)50;;;/h6-28,54H,29-31H2,1-5H3;2*1H;/q-1;;;+2/p-2. The van der Waals surface area contributed by atoms with Gasteiger partial charge in [0, 0.05) is 34.4 Å². The molecule has 7 heteroatoms. The summed E-state index contributed by atoms with van der Waals surface area (Å²) in [6.45, 7) is 11.4. The number of aryl methyl sites for hydroxylation is 5. The van der Waals surface area contributed by atoms with E-state index in [9.17, 15) is 5.11 Å². The first kappa shape index (κ1) is 41.8. The number of ether oxygens (including phenoxy) is 3. The molecule has 4 nitrogen and oxygen atoms in total. The zero-order valence-corrected chi connectivity index (χ0v) is 38.3. The van der Waals surface area contributed by atoms with E-state index in [4.69, 9.17) is 31.2 Å². The van der Waals surface area contributed by atoms with E-state index in [1.165, 1.54) is 16.3 Å². The molecular formula is C53H45Cl2O4Zr-. The van der Waals surface area contributed by atoms with Gasteiger partial charge in [0.1, 0.15) is 17.2 Å². The number of phenolic OH excluding ortho intramolecular Hbond substituents is 1. The van der Waals surface area contributed by atoms with Gasteiger partial charge < -0.3 is 19.3 Å². The summed E-state index contributed by atoms with van der Waals surface area (Å²) in [5.41, 5.74) is 14.4. The van der Waals surface area contributed by atoms with Gasteiger partial charge in [-0.25, -0.2) is 0 Å². The minimum absolute atomic E-state index is 0.219. The van der Waals surface area contributed by atoms with Crippen molar-refractivity contribution in [3.8, 4) is 61.8 Å². The molecule has 8 aromatic carbocycles. The van der Waals surface area contributed by atoms with Crippen LogP contribution in [0.3, 0.4) is 0 Å². The van der Waals surface area contributed by atoms with Gasteiger partial charge in [0.25, 0.3) is 0 Å². The Balaban J connectivity index is 0.00000162. The van der Waals surface area contributed by atoms with Crippen LogP contribution in [0.5, 0.6) is 17.2 Å². The van der Waals surface area contributed by atoms with E-state index >= 15 is 0 Å². The van der Waals surface area contributed by atoms with Crippen LogP contribution < -0.4 is 9.47 Å². The van der Waals surface area contributed by atoms with E-state index in [1.54, 1.807) is 0 Å². The van der Waals surface area contributed by atoms with Crippen LogP contribution >= 0.6 is 17.0 Å². The van der Waals surface area contributed by atoms with Crippen molar-refractivity contribution in [1.29, 1.82) is 0 Å². The van der Waals surface area contributed by atoms with E-state index in [0.717, 1.165) is 94.6 Å². The summed E-state index contributed by atoms with van der Waals surface area (Å²) in [5.74, 6) is 1.87. The maximum atomic E-state index is 12.0. The molecule has 1 N–H and O–H groups in total. The Bertz CT molecular complexity index is 2870. The van der Waals surface area contributed by atoms with E-state index in [0.29, 0.717) is 12.7 Å². The Morgan fingerprint density at radius 3 is 1.82 bits per heavy atom. The van der Waals surface area contributed by atoms with Crippen LogP contribution in [-0.4, -0.2) is 18.3 Å². The third-order valence-corrected chi connectivity index (χ3v) is 11.2. The van der Waals surface area contributed by atoms with Crippen LogP contribution in [0.25, 0.3) is 66.1 Å². The summed E-state index contributed by atoms with van der Waals surface area (Å²) in [4.78, 5) is 0. The van der Waals surface area contributed by atoms with Crippen LogP contribution in [-0.2, 0) is 32.2 Å². The predicted octanol–water partition coefficient (Wildman–Crippen LogP) is 14.8. The molecular weight excluding hydrogens is 863 g/mol. The first-order valence-electron chi connectivity index (χ1n) is 20.0. The fourth-order valence-electron chi connectivity index (χ4n) is 8.49. The number of phenols is 1. The van der Waals surface area contributed by atoms with Gasteiger partial charge in [-0.05, 0) is 144 Å². The molecule has 1 aliphatic heterocycles. The summed E-state index contributed by atoms with van der Waals surface area (Å²) in [6.07, 6.45) is 0.676. The van der Waals surface area contributed by atoms with Gasteiger partial charge in [0.2, 0.25) is 0 Å². The van der Waals surface area contributed by atoms with Gasteiger partial charge in [-0.3, -0.25) is 0 Å². The molecule has 0 saturated carbocycles. The Morgan fingerprint density at radius 2 is 1.13 bits per heavy atom. The van der Waals surface area contributed by atoms with Gasteiger partial charge >= 0.3 is 37.9 Å². The summed E-state index contributed by atoms with van der Waals surface area (Å²) in [5, 5.41) is 16.7. The topological polar surface area (TPSA) is 47.9 Å². The molecule has 60 heavy (non-hydrogen) atoms. The number of fused-ring (bicyclic) bond motifs is 5. The second-order valence-electron chi connectivity index (χ2n) is 15.5. The van der Waals surface area contributed by atoms with Crippen molar-refractivity contribution < 1.29 is 40.2 Å².